The summed E-state index contributed by atoms with van der Waals surface area (Å²) in [7, 11) is 0. The number of hydrogen-bond donors (Lipinski definition) is 1. The fraction of sp³-hybridized carbons (Fsp3) is 0.400. The minimum atomic E-state index is -0.781. The van der Waals surface area contributed by atoms with Crippen LogP contribution < -0.4 is 0 Å². The van der Waals surface area contributed by atoms with Gasteiger partial charge in [-0.3, -0.25) is 9.69 Å². The zero-order chi connectivity index (χ0) is 14.7. The van der Waals surface area contributed by atoms with Crippen LogP contribution in [0.25, 0.3) is 11.4 Å². The maximum absolute atomic E-state index is 10.7. The van der Waals surface area contributed by atoms with Crippen molar-refractivity contribution in [2.24, 2.45) is 0 Å². The van der Waals surface area contributed by atoms with Crippen molar-refractivity contribution >= 4 is 5.97 Å². The molecule has 1 heterocycles. The van der Waals surface area contributed by atoms with Crippen LogP contribution in [0.4, 0.5) is 0 Å². The van der Waals surface area contributed by atoms with Gasteiger partial charge in [0.1, 0.15) is 0 Å². The van der Waals surface area contributed by atoms with Gasteiger partial charge < -0.3 is 9.63 Å². The molecule has 110 valence electrons. The highest BCUT2D eigenvalue weighted by molar-refractivity contribution is 5.66. The van der Waals surface area contributed by atoms with Crippen molar-refractivity contribution < 1.29 is 14.4 Å². The molecule has 0 amide bonds. The molecule has 1 fully saturated rings. The molecule has 21 heavy (non-hydrogen) atoms. The molecule has 1 aliphatic rings. The molecule has 0 aliphatic heterocycles. The van der Waals surface area contributed by atoms with Crippen LogP contribution in [0.2, 0.25) is 0 Å². The molecular formula is C15H17N3O3. The number of nitrogens with zero attached hydrogens (tertiary/aromatic N) is 3. The topological polar surface area (TPSA) is 79.5 Å². The first kappa shape index (κ1) is 13.8. The van der Waals surface area contributed by atoms with Crippen LogP contribution in [-0.2, 0) is 11.3 Å². The molecule has 1 aromatic carbocycles. The van der Waals surface area contributed by atoms with E-state index in [0.29, 0.717) is 30.8 Å². The summed E-state index contributed by atoms with van der Waals surface area (Å²) < 4.78 is 5.28. The van der Waals surface area contributed by atoms with Gasteiger partial charge in [-0.2, -0.15) is 4.98 Å². The van der Waals surface area contributed by atoms with E-state index in [1.165, 1.54) is 0 Å². The molecule has 2 aromatic rings. The first-order valence-electron chi connectivity index (χ1n) is 7.06. The Balaban J connectivity index is 1.66. The lowest BCUT2D eigenvalue weighted by Gasteiger charge is -2.18. The Bertz CT molecular complexity index is 608. The number of benzene rings is 1. The average Bonchev–Trinajstić information content (AvgIpc) is 3.23. The number of rotatable bonds is 7. The van der Waals surface area contributed by atoms with Crippen molar-refractivity contribution in [3.63, 3.8) is 0 Å². The Morgan fingerprint density at radius 1 is 1.33 bits per heavy atom. The average molecular weight is 287 g/mol. The smallest absolute Gasteiger partial charge is 0.304 e. The molecule has 1 aromatic heterocycles. The Kier molecular flexibility index (Phi) is 3.96. The SMILES string of the molecule is O=C(O)CCN(Cc1nc(-c2ccccc2)no1)C1CC1. The van der Waals surface area contributed by atoms with E-state index in [-0.39, 0.29) is 6.42 Å². The van der Waals surface area contributed by atoms with Gasteiger partial charge in [-0.05, 0) is 12.8 Å². The Labute approximate surface area is 122 Å². The highest BCUT2D eigenvalue weighted by Gasteiger charge is 2.30. The van der Waals surface area contributed by atoms with Gasteiger partial charge in [0.2, 0.25) is 11.7 Å². The van der Waals surface area contributed by atoms with Gasteiger partial charge >= 0.3 is 5.97 Å². The summed E-state index contributed by atoms with van der Waals surface area (Å²) in [5, 5.41) is 12.8. The molecule has 0 saturated heterocycles. The molecule has 0 atom stereocenters. The molecule has 6 nitrogen and oxygen atoms in total. The molecule has 1 N–H and O–H groups in total. The minimum Gasteiger partial charge on any atom is -0.481 e. The molecule has 0 unspecified atom stereocenters. The van der Waals surface area contributed by atoms with E-state index in [1.807, 2.05) is 30.3 Å². The number of carboxylic acid groups (broad SMARTS) is 1. The van der Waals surface area contributed by atoms with Crippen molar-refractivity contribution in [2.75, 3.05) is 6.54 Å². The molecule has 3 rings (SSSR count). The summed E-state index contributed by atoms with van der Waals surface area (Å²) in [6.07, 6.45) is 2.36. The highest BCUT2D eigenvalue weighted by Crippen LogP contribution is 2.28. The third-order valence-corrected chi connectivity index (χ3v) is 3.51. The largest absolute Gasteiger partial charge is 0.481 e. The van der Waals surface area contributed by atoms with Crippen LogP contribution >= 0.6 is 0 Å². The number of carbonyl (C=O) groups is 1. The monoisotopic (exact) mass is 287 g/mol. The van der Waals surface area contributed by atoms with Crippen LogP contribution in [0, 0.1) is 0 Å². The van der Waals surface area contributed by atoms with Crippen molar-refractivity contribution in [1.29, 1.82) is 0 Å². The molecule has 0 radical (unpaired) electrons. The second-order valence-electron chi connectivity index (χ2n) is 5.22. The molecule has 1 saturated carbocycles. The maximum atomic E-state index is 10.7. The molecule has 0 spiro atoms. The molecular weight excluding hydrogens is 270 g/mol. The minimum absolute atomic E-state index is 0.135. The van der Waals surface area contributed by atoms with Gasteiger partial charge in [-0.15, -0.1) is 0 Å². The van der Waals surface area contributed by atoms with E-state index >= 15 is 0 Å². The lowest BCUT2D eigenvalue weighted by atomic mass is 10.2. The van der Waals surface area contributed by atoms with Crippen molar-refractivity contribution in [1.82, 2.24) is 15.0 Å². The van der Waals surface area contributed by atoms with Crippen LogP contribution in [0.1, 0.15) is 25.2 Å². The van der Waals surface area contributed by atoms with Gasteiger partial charge in [0.05, 0.1) is 13.0 Å². The van der Waals surface area contributed by atoms with Gasteiger partial charge in [0, 0.05) is 18.2 Å². The van der Waals surface area contributed by atoms with E-state index < -0.39 is 5.97 Å². The first-order valence-corrected chi connectivity index (χ1v) is 7.06. The van der Waals surface area contributed by atoms with E-state index in [9.17, 15) is 4.79 Å². The van der Waals surface area contributed by atoms with Crippen molar-refractivity contribution in [3.8, 4) is 11.4 Å². The maximum Gasteiger partial charge on any atom is 0.304 e. The van der Waals surface area contributed by atoms with Gasteiger partial charge in [-0.1, -0.05) is 35.5 Å². The van der Waals surface area contributed by atoms with E-state index in [2.05, 4.69) is 15.0 Å². The summed E-state index contributed by atoms with van der Waals surface area (Å²) in [6.45, 7) is 1.03. The van der Waals surface area contributed by atoms with Crippen LogP contribution in [-0.4, -0.2) is 38.7 Å². The third kappa shape index (κ3) is 3.66. The normalized spacial score (nSPS) is 14.5. The standard InChI is InChI=1S/C15H17N3O3/c19-14(20)8-9-18(12-6-7-12)10-13-16-15(17-21-13)11-4-2-1-3-5-11/h1-5,12H,6-10H2,(H,19,20). The lowest BCUT2D eigenvalue weighted by molar-refractivity contribution is -0.137. The van der Waals surface area contributed by atoms with Gasteiger partial charge in [0.15, 0.2) is 0 Å². The van der Waals surface area contributed by atoms with Crippen LogP contribution in [0.3, 0.4) is 0 Å². The fourth-order valence-electron chi connectivity index (χ4n) is 2.27. The second kappa shape index (κ2) is 6.05. The number of aliphatic carboxylic acids is 1. The summed E-state index contributed by atoms with van der Waals surface area (Å²) in [6, 6.07) is 10.1. The second-order valence-corrected chi connectivity index (χ2v) is 5.22. The molecule has 1 aliphatic carbocycles. The van der Waals surface area contributed by atoms with Gasteiger partial charge in [-0.25, -0.2) is 0 Å². The molecule has 6 heteroatoms. The summed E-state index contributed by atoms with van der Waals surface area (Å²) in [4.78, 5) is 17.2. The summed E-state index contributed by atoms with van der Waals surface area (Å²) in [5.41, 5.74) is 0.913. The van der Waals surface area contributed by atoms with Crippen molar-refractivity contribution in [3.05, 3.63) is 36.2 Å². The predicted molar refractivity (Wildman–Crippen MR) is 75.4 cm³/mol. The van der Waals surface area contributed by atoms with Crippen LogP contribution in [0.5, 0.6) is 0 Å². The third-order valence-electron chi connectivity index (χ3n) is 3.51. The zero-order valence-corrected chi connectivity index (χ0v) is 11.6. The highest BCUT2D eigenvalue weighted by atomic mass is 16.5. The summed E-state index contributed by atoms with van der Waals surface area (Å²) >= 11 is 0. The first-order chi connectivity index (χ1) is 10.2. The Morgan fingerprint density at radius 2 is 2.10 bits per heavy atom. The predicted octanol–water partition coefficient (Wildman–Crippen LogP) is 2.18. The zero-order valence-electron chi connectivity index (χ0n) is 11.6. The van der Waals surface area contributed by atoms with Gasteiger partial charge in [0.25, 0.3) is 0 Å². The Morgan fingerprint density at radius 3 is 2.76 bits per heavy atom. The van der Waals surface area contributed by atoms with Crippen LogP contribution in [0.15, 0.2) is 34.9 Å². The van der Waals surface area contributed by atoms with E-state index in [4.69, 9.17) is 9.63 Å². The van der Waals surface area contributed by atoms with E-state index in [0.717, 1.165) is 18.4 Å². The summed E-state index contributed by atoms with van der Waals surface area (Å²) in [5.74, 6) is 0.321. The molecule has 0 bridgehead atoms. The number of aromatic nitrogens is 2. The lowest BCUT2D eigenvalue weighted by Crippen LogP contribution is -2.28. The Hall–Kier alpha value is -2.21. The van der Waals surface area contributed by atoms with Crippen molar-refractivity contribution in [2.45, 2.75) is 31.8 Å². The van der Waals surface area contributed by atoms with E-state index in [1.54, 1.807) is 0 Å². The fourth-order valence-corrected chi connectivity index (χ4v) is 2.27. The number of hydrogen-bond acceptors (Lipinski definition) is 5. The quantitative estimate of drug-likeness (QED) is 0.840. The number of carboxylic acids is 1.